The fourth-order valence-corrected chi connectivity index (χ4v) is 4.05. The molecule has 4 aromatic rings. The molecule has 1 aliphatic heterocycles. The van der Waals surface area contributed by atoms with Gasteiger partial charge in [-0.05, 0) is 30.3 Å². The Morgan fingerprint density at radius 1 is 1.06 bits per heavy atom. The Morgan fingerprint density at radius 3 is 2.57 bits per heavy atom. The van der Waals surface area contributed by atoms with Crippen molar-refractivity contribution in [2.45, 2.75) is 0 Å². The zero-order valence-electron chi connectivity index (χ0n) is 18.9. The summed E-state index contributed by atoms with van der Waals surface area (Å²) in [5, 5.41) is 16.1. The number of rotatable bonds is 6. The van der Waals surface area contributed by atoms with Crippen LogP contribution in [0.5, 0.6) is 5.75 Å². The van der Waals surface area contributed by atoms with Crippen LogP contribution >= 0.6 is 0 Å². The largest absolute Gasteiger partial charge is 0.494 e. The molecule has 11 heteroatoms. The topological polar surface area (TPSA) is 107 Å². The van der Waals surface area contributed by atoms with Crippen molar-refractivity contribution in [3.63, 3.8) is 0 Å². The van der Waals surface area contributed by atoms with Crippen molar-refractivity contribution in [3.05, 3.63) is 70.6 Å². The molecule has 0 aliphatic carbocycles. The lowest BCUT2D eigenvalue weighted by molar-refractivity contribution is 0.416. The number of nitrogens with zero attached hydrogens (tertiary/aromatic N) is 3. The molecule has 1 fully saturated rings. The monoisotopic (exact) mass is 479 g/mol. The minimum atomic E-state index is -0.768. The summed E-state index contributed by atoms with van der Waals surface area (Å²) in [4.78, 5) is 19.3. The fourth-order valence-electron chi connectivity index (χ4n) is 4.05. The van der Waals surface area contributed by atoms with Crippen LogP contribution in [0.4, 0.5) is 37.5 Å². The third kappa shape index (κ3) is 4.58. The first kappa shape index (κ1) is 22.5. The number of benzene rings is 2. The Balaban J connectivity index is 1.55. The molecule has 3 heterocycles. The number of fused-ring (bicyclic) bond motifs is 1. The van der Waals surface area contributed by atoms with Crippen LogP contribution in [0, 0.1) is 11.6 Å². The molecule has 9 nitrogen and oxygen atoms in total. The third-order valence-electron chi connectivity index (χ3n) is 5.78. The summed E-state index contributed by atoms with van der Waals surface area (Å²) in [6.07, 6.45) is 1.44. The lowest BCUT2D eigenvalue weighted by Crippen LogP contribution is -2.43. The van der Waals surface area contributed by atoms with E-state index < -0.39 is 17.2 Å². The molecule has 0 amide bonds. The highest BCUT2D eigenvalue weighted by atomic mass is 19.1. The van der Waals surface area contributed by atoms with Crippen LogP contribution in [0.25, 0.3) is 10.8 Å². The lowest BCUT2D eigenvalue weighted by atomic mass is 10.2. The maximum absolute atomic E-state index is 14.2. The van der Waals surface area contributed by atoms with Gasteiger partial charge in [0.1, 0.15) is 34.7 Å². The molecule has 1 aliphatic rings. The van der Waals surface area contributed by atoms with Gasteiger partial charge in [-0.2, -0.15) is 5.10 Å². The Labute approximate surface area is 199 Å². The number of hydrogen-bond donors (Lipinski definition) is 4. The SMILES string of the molecule is COc1cc(N2CCNCC2)ccc1Nc1nc(Nc2c(F)cccc2F)cc2cn[nH]c(=O)c12. The normalized spacial score (nSPS) is 13.6. The summed E-state index contributed by atoms with van der Waals surface area (Å²) in [7, 11) is 1.56. The second kappa shape index (κ2) is 9.55. The summed E-state index contributed by atoms with van der Waals surface area (Å²) >= 11 is 0. The van der Waals surface area contributed by atoms with Gasteiger partial charge in [-0.15, -0.1) is 0 Å². The van der Waals surface area contributed by atoms with E-state index in [2.05, 4.69) is 36.0 Å². The molecule has 0 saturated carbocycles. The van der Waals surface area contributed by atoms with Crippen LogP contribution in [-0.2, 0) is 0 Å². The molecule has 0 atom stereocenters. The number of anilines is 5. The van der Waals surface area contributed by atoms with Crippen LogP contribution in [0.3, 0.4) is 0 Å². The van der Waals surface area contributed by atoms with Crippen molar-refractivity contribution in [2.75, 3.05) is 48.8 Å². The molecular weight excluding hydrogens is 456 g/mol. The first-order valence-corrected chi connectivity index (χ1v) is 11.0. The number of para-hydroxylation sites is 1. The average Bonchev–Trinajstić information content (AvgIpc) is 2.87. The zero-order chi connectivity index (χ0) is 24.4. The molecule has 2 aromatic carbocycles. The second-order valence-electron chi connectivity index (χ2n) is 7.99. The highest BCUT2D eigenvalue weighted by Gasteiger charge is 2.17. The van der Waals surface area contributed by atoms with Gasteiger partial charge in [0.2, 0.25) is 0 Å². The summed E-state index contributed by atoms with van der Waals surface area (Å²) in [6, 6.07) is 10.8. The Hall–Kier alpha value is -4.25. The molecule has 0 radical (unpaired) electrons. The van der Waals surface area contributed by atoms with Gasteiger partial charge < -0.3 is 25.6 Å². The van der Waals surface area contributed by atoms with Crippen LogP contribution in [0.1, 0.15) is 0 Å². The first-order valence-electron chi connectivity index (χ1n) is 11.0. The highest BCUT2D eigenvalue weighted by Crippen LogP contribution is 2.34. The predicted octanol–water partition coefficient (Wildman–Crippen LogP) is 3.50. The second-order valence-corrected chi connectivity index (χ2v) is 7.99. The standard InChI is InChI=1S/C24H23F2N7O2/c1-35-19-12-15(33-9-7-27-8-10-33)5-6-18(19)29-23-21-14(13-28-32-24(21)34)11-20(31-23)30-22-16(25)3-2-4-17(22)26/h2-6,11-13,27H,7-10H2,1H3,(H,32,34)(H2,29,30,31). The van der Waals surface area contributed by atoms with Gasteiger partial charge in [0, 0.05) is 43.3 Å². The van der Waals surface area contributed by atoms with Gasteiger partial charge in [0.15, 0.2) is 0 Å². The van der Waals surface area contributed by atoms with E-state index in [9.17, 15) is 13.6 Å². The predicted molar refractivity (Wildman–Crippen MR) is 131 cm³/mol. The van der Waals surface area contributed by atoms with Crippen LogP contribution in [0.2, 0.25) is 0 Å². The van der Waals surface area contributed by atoms with E-state index in [0.29, 0.717) is 16.8 Å². The number of piperazine rings is 1. The van der Waals surface area contributed by atoms with E-state index in [4.69, 9.17) is 4.74 Å². The Morgan fingerprint density at radius 2 is 1.83 bits per heavy atom. The number of aromatic nitrogens is 3. The van der Waals surface area contributed by atoms with Gasteiger partial charge in [-0.1, -0.05) is 6.07 Å². The smallest absolute Gasteiger partial charge is 0.275 e. The van der Waals surface area contributed by atoms with Gasteiger partial charge in [-0.3, -0.25) is 4.79 Å². The molecule has 5 rings (SSSR count). The number of H-pyrrole nitrogens is 1. The quantitative estimate of drug-likeness (QED) is 0.333. The van der Waals surface area contributed by atoms with Gasteiger partial charge >= 0.3 is 0 Å². The molecule has 4 N–H and O–H groups in total. The van der Waals surface area contributed by atoms with Crippen molar-refractivity contribution < 1.29 is 13.5 Å². The average molecular weight is 479 g/mol. The number of nitrogens with one attached hydrogen (secondary N) is 4. The van der Waals surface area contributed by atoms with E-state index in [0.717, 1.165) is 44.0 Å². The first-order chi connectivity index (χ1) is 17.0. The maximum atomic E-state index is 14.2. The van der Waals surface area contributed by atoms with Crippen molar-refractivity contribution in [3.8, 4) is 5.75 Å². The Bertz CT molecular complexity index is 1420. The van der Waals surface area contributed by atoms with E-state index in [1.807, 2.05) is 18.2 Å². The number of aromatic amines is 1. The molecular formula is C24H23F2N7O2. The molecule has 2 aromatic heterocycles. The number of hydrogen-bond acceptors (Lipinski definition) is 8. The van der Waals surface area contributed by atoms with E-state index >= 15 is 0 Å². The van der Waals surface area contributed by atoms with Crippen molar-refractivity contribution in [2.24, 2.45) is 0 Å². The number of pyridine rings is 1. The molecule has 0 spiro atoms. The molecule has 35 heavy (non-hydrogen) atoms. The van der Waals surface area contributed by atoms with Gasteiger partial charge in [0.25, 0.3) is 5.56 Å². The maximum Gasteiger partial charge on any atom is 0.275 e. The van der Waals surface area contributed by atoms with Gasteiger partial charge in [0.05, 0.1) is 24.4 Å². The van der Waals surface area contributed by atoms with Crippen molar-refractivity contribution >= 4 is 39.5 Å². The Kier molecular flexibility index (Phi) is 6.15. The van der Waals surface area contributed by atoms with E-state index in [-0.39, 0.29) is 22.7 Å². The number of methoxy groups -OCH3 is 1. The minimum Gasteiger partial charge on any atom is -0.494 e. The summed E-state index contributed by atoms with van der Waals surface area (Å²) in [5.41, 5.74) is 0.781. The highest BCUT2D eigenvalue weighted by molar-refractivity contribution is 5.95. The molecule has 0 unspecified atom stereocenters. The van der Waals surface area contributed by atoms with Gasteiger partial charge in [-0.25, -0.2) is 18.9 Å². The van der Waals surface area contributed by atoms with Crippen molar-refractivity contribution in [1.82, 2.24) is 20.5 Å². The summed E-state index contributed by atoms with van der Waals surface area (Å²) in [6.45, 7) is 3.56. The van der Waals surface area contributed by atoms with E-state index in [1.165, 1.54) is 18.3 Å². The number of ether oxygens (including phenoxy) is 1. The van der Waals surface area contributed by atoms with Crippen LogP contribution < -0.4 is 31.1 Å². The summed E-state index contributed by atoms with van der Waals surface area (Å²) < 4.78 is 34.0. The summed E-state index contributed by atoms with van der Waals surface area (Å²) in [5.74, 6) is -0.669. The third-order valence-corrected chi connectivity index (χ3v) is 5.78. The lowest BCUT2D eigenvalue weighted by Gasteiger charge is -2.30. The zero-order valence-corrected chi connectivity index (χ0v) is 18.9. The van der Waals surface area contributed by atoms with E-state index in [1.54, 1.807) is 7.11 Å². The van der Waals surface area contributed by atoms with Crippen LogP contribution in [0.15, 0.2) is 53.5 Å². The number of halogens is 2. The minimum absolute atomic E-state index is 0.132. The van der Waals surface area contributed by atoms with Crippen molar-refractivity contribution in [1.29, 1.82) is 0 Å². The fraction of sp³-hybridized carbons (Fsp3) is 0.208. The molecule has 180 valence electrons. The molecule has 1 saturated heterocycles. The molecule has 0 bridgehead atoms. The van der Waals surface area contributed by atoms with Crippen LogP contribution in [-0.4, -0.2) is 48.5 Å².